The first-order chi connectivity index (χ1) is 15.1. The fourth-order valence-electron chi connectivity index (χ4n) is 3.55. The molecule has 2 heterocycles. The van der Waals surface area contributed by atoms with Crippen molar-refractivity contribution < 1.29 is 31.9 Å². The van der Waals surface area contributed by atoms with Crippen molar-refractivity contribution in [1.82, 2.24) is 4.57 Å². The van der Waals surface area contributed by atoms with Crippen LogP contribution in [0, 0.1) is 5.82 Å². The molecule has 4 rings (SSSR count). The smallest absolute Gasteiger partial charge is 0.371 e. The van der Waals surface area contributed by atoms with Crippen LogP contribution in [0.4, 0.5) is 17.6 Å². The van der Waals surface area contributed by atoms with Gasteiger partial charge in [0.05, 0.1) is 35.8 Å². The molecular formula is C23H18F4N2O3. The van der Waals surface area contributed by atoms with Crippen molar-refractivity contribution >= 4 is 28.7 Å². The van der Waals surface area contributed by atoms with Gasteiger partial charge in [-0.3, -0.25) is 0 Å². The Kier molecular flexibility index (Phi) is 5.60. The zero-order valence-electron chi connectivity index (χ0n) is 17.2. The van der Waals surface area contributed by atoms with Crippen molar-refractivity contribution in [2.45, 2.75) is 26.3 Å². The summed E-state index contributed by atoms with van der Waals surface area (Å²) < 4.78 is 59.7. The quantitative estimate of drug-likeness (QED) is 0.301. The number of oxime groups is 1. The summed E-state index contributed by atoms with van der Waals surface area (Å²) in [5, 5.41) is 4.25. The van der Waals surface area contributed by atoms with Crippen LogP contribution in [0.2, 0.25) is 0 Å². The van der Waals surface area contributed by atoms with E-state index >= 15 is 0 Å². The van der Waals surface area contributed by atoms with Gasteiger partial charge in [-0.15, -0.1) is 0 Å². The van der Waals surface area contributed by atoms with Crippen LogP contribution in [0.15, 0.2) is 53.2 Å². The molecule has 0 amide bonds. The SMILES string of the molecule is CC1=NOC(=O)/C1=C/c1c(COCc2ccc(C(F)(F)F)cc2)n(C)c2ccc(F)cc12. The molecule has 0 bridgehead atoms. The van der Waals surface area contributed by atoms with E-state index in [1.54, 1.807) is 26.1 Å². The third-order valence-corrected chi connectivity index (χ3v) is 5.28. The highest BCUT2D eigenvalue weighted by molar-refractivity contribution is 6.24. The first-order valence-corrected chi connectivity index (χ1v) is 9.64. The standard InChI is InChI=1S/C23H18F4N2O3/c1-13-17(22(30)32-28-13)10-19-18-9-16(24)7-8-20(18)29(2)21(19)12-31-11-14-3-5-15(6-4-14)23(25,26)27/h3-10H,11-12H2,1-2H3/b17-10+. The minimum absolute atomic E-state index is 0.0760. The average Bonchev–Trinajstić information content (AvgIpc) is 3.19. The third-order valence-electron chi connectivity index (χ3n) is 5.28. The first-order valence-electron chi connectivity index (χ1n) is 9.64. The number of carbonyl (C=O) groups excluding carboxylic acids is 1. The van der Waals surface area contributed by atoms with Crippen molar-refractivity contribution in [1.29, 1.82) is 0 Å². The molecule has 3 aromatic rings. The third kappa shape index (κ3) is 4.16. The summed E-state index contributed by atoms with van der Waals surface area (Å²) in [7, 11) is 1.78. The Labute approximate surface area is 180 Å². The Balaban J connectivity index is 1.63. The maximum Gasteiger partial charge on any atom is 0.416 e. The second-order valence-corrected chi connectivity index (χ2v) is 7.38. The van der Waals surface area contributed by atoms with E-state index < -0.39 is 23.5 Å². The van der Waals surface area contributed by atoms with Gasteiger partial charge in [0.1, 0.15) is 5.82 Å². The number of ether oxygens (including phenoxy) is 1. The highest BCUT2D eigenvalue weighted by Gasteiger charge is 2.30. The van der Waals surface area contributed by atoms with Gasteiger partial charge in [0.25, 0.3) is 0 Å². The molecule has 9 heteroatoms. The van der Waals surface area contributed by atoms with Gasteiger partial charge in [0.2, 0.25) is 0 Å². The lowest BCUT2D eigenvalue weighted by molar-refractivity contribution is -0.138. The molecule has 2 aromatic carbocycles. The van der Waals surface area contributed by atoms with E-state index in [1.165, 1.54) is 24.3 Å². The predicted molar refractivity (Wildman–Crippen MR) is 110 cm³/mol. The van der Waals surface area contributed by atoms with Gasteiger partial charge < -0.3 is 14.1 Å². The number of rotatable bonds is 5. The number of aryl methyl sites for hydroxylation is 1. The number of carbonyl (C=O) groups is 1. The second-order valence-electron chi connectivity index (χ2n) is 7.38. The van der Waals surface area contributed by atoms with E-state index in [9.17, 15) is 22.4 Å². The van der Waals surface area contributed by atoms with Gasteiger partial charge in [0, 0.05) is 23.5 Å². The van der Waals surface area contributed by atoms with E-state index in [0.717, 1.165) is 17.6 Å². The van der Waals surface area contributed by atoms with Crippen molar-refractivity contribution in [3.63, 3.8) is 0 Å². The number of hydrogen-bond acceptors (Lipinski definition) is 4. The zero-order chi connectivity index (χ0) is 23.0. The summed E-state index contributed by atoms with van der Waals surface area (Å²) in [5.41, 5.74) is 2.48. The molecule has 1 aromatic heterocycles. The Morgan fingerprint density at radius 3 is 2.47 bits per heavy atom. The Bertz CT molecular complexity index is 1250. The summed E-state index contributed by atoms with van der Waals surface area (Å²) in [4.78, 5) is 16.7. The molecular weight excluding hydrogens is 428 g/mol. The molecule has 1 aliphatic heterocycles. The number of alkyl halides is 3. The normalized spacial score (nSPS) is 15.5. The summed E-state index contributed by atoms with van der Waals surface area (Å²) in [6.07, 6.45) is -2.81. The second kappa shape index (κ2) is 8.23. The molecule has 32 heavy (non-hydrogen) atoms. The predicted octanol–water partition coefficient (Wildman–Crippen LogP) is 5.37. The molecule has 0 fully saturated rings. The van der Waals surface area contributed by atoms with Crippen molar-refractivity contribution in [2.24, 2.45) is 12.2 Å². The maximum atomic E-state index is 14.0. The summed E-state index contributed by atoms with van der Waals surface area (Å²) in [6, 6.07) is 9.05. The molecule has 0 aliphatic carbocycles. The van der Waals surface area contributed by atoms with E-state index in [0.29, 0.717) is 27.9 Å². The highest BCUT2D eigenvalue weighted by atomic mass is 19.4. The van der Waals surface area contributed by atoms with Crippen LogP contribution < -0.4 is 0 Å². The zero-order valence-corrected chi connectivity index (χ0v) is 17.2. The maximum absolute atomic E-state index is 14.0. The van der Waals surface area contributed by atoms with Gasteiger partial charge in [-0.1, -0.05) is 17.3 Å². The Morgan fingerprint density at radius 1 is 1.12 bits per heavy atom. The highest BCUT2D eigenvalue weighted by Crippen LogP contribution is 2.31. The molecule has 0 saturated carbocycles. The van der Waals surface area contributed by atoms with E-state index in [4.69, 9.17) is 9.57 Å². The van der Waals surface area contributed by atoms with E-state index in [-0.39, 0.29) is 18.8 Å². The average molecular weight is 446 g/mol. The molecule has 0 radical (unpaired) electrons. The number of hydrogen-bond donors (Lipinski definition) is 0. The van der Waals surface area contributed by atoms with Gasteiger partial charge in [0.15, 0.2) is 0 Å². The minimum Gasteiger partial charge on any atom is -0.371 e. The first kappa shape index (κ1) is 21.8. The molecule has 0 unspecified atom stereocenters. The summed E-state index contributed by atoms with van der Waals surface area (Å²) in [5.74, 6) is -1.04. The van der Waals surface area contributed by atoms with Crippen LogP contribution in [-0.2, 0) is 40.8 Å². The largest absolute Gasteiger partial charge is 0.416 e. The van der Waals surface area contributed by atoms with Crippen LogP contribution in [0.5, 0.6) is 0 Å². The van der Waals surface area contributed by atoms with Gasteiger partial charge in [-0.2, -0.15) is 13.2 Å². The Morgan fingerprint density at radius 2 is 1.84 bits per heavy atom. The summed E-state index contributed by atoms with van der Waals surface area (Å²) >= 11 is 0. The van der Waals surface area contributed by atoms with Crippen LogP contribution in [0.25, 0.3) is 17.0 Å². The van der Waals surface area contributed by atoms with Gasteiger partial charge in [-0.25, -0.2) is 9.18 Å². The van der Waals surface area contributed by atoms with Gasteiger partial charge >= 0.3 is 12.1 Å². The lowest BCUT2D eigenvalue weighted by Crippen LogP contribution is -2.06. The van der Waals surface area contributed by atoms with Crippen LogP contribution in [0.3, 0.4) is 0 Å². The number of fused-ring (bicyclic) bond motifs is 1. The van der Waals surface area contributed by atoms with Crippen LogP contribution in [0.1, 0.15) is 29.3 Å². The monoisotopic (exact) mass is 446 g/mol. The fraction of sp³-hybridized carbons (Fsp3) is 0.217. The fourth-order valence-corrected chi connectivity index (χ4v) is 3.55. The lowest BCUT2D eigenvalue weighted by atomic mass is 10.0. The molecule has 0 spiro atoms. The van der Waals surface area contributed by atoms with E-state index in [1.807, 2.05) is 4.57 Å². The number of halogens is 4. The van der Waals surface area contributed by atoms with Gasteiger partial charge in [-0.05, 0) is 48.9 Å². The lowest BCUT2D eigenvalue weighted by Gasteiger charge is -2.10. The molecule has 0 saturated heterocycles. The molecule has 1 aliphatic rings. The van der Waals surface area contributed by atoms with Crippen molar-refractivity contribution in [3.05, 3.63) is 76.2 Å². The van der Waals surface area contributed by atoms with Crippen molar-refractivity contribution in [2.75, 3.05) is 0 Å². The molecule has 5 nitrogen and oxygen atoms in total. The number of nitrogens with zero attached hydrogens (tertiary/aromatic N) is 2. The van der Waals surface area contributed by atoms with Crippen molar-refractivity contribution in [3.8, 4) is 0 Å². The topological polar surface area (TPSA) is 52.8 Å². The van der Waals surface area contributed by atoms with E-state index in [2.05, 4.69) is 5.16 Å². The molecule has 166 valence electrons. The van der Waals surface area contributed by atoms with Crippen LogP contribution in [-0.4, -0.2) is 16.2 Å². The Hall–Kier alpha value is -3.46. The van der Waals surface area contributed by atoms with Crippen LogP contribution >= 0.6 is 0 Å². The molecule has 0 N–H and O–H groups in total. The molecule has 0 atom stereocenters. The minimum atomic E-state index is -4.40. The number of benzene rings is 2. The number of aromatic nitrogens is 1. The summed E-state index contributed by atoms with van der Waals surface area (Å²) in [6.45, 7) is 1.79.